The number of nitrogens with zero attached hydrogens (tertiary/aromatic N) is 3. The average Bonchev–Trinajstić information content (AvgIpc) is 3.30. The Balaban J connectivity index is 0.00000400. The first-order chi connectivity index (χ1) is 17.7. The lowest BCUT2D eigenvalue weighted by atomic mass is 9.98. The van der Waals surface area contributed by atoms with E-state index in [1.54, 1.807) is 29.2 Å². The molecular weight excluding hydrogens is 555 g/mol. The average molecular weight is 586 g/mol. The minimum absolute atomic E-state index is 0. The first kappa shape index (κ1) is 29.8. The van der Waals surface area contributed by atoms with E-state index < -0.39 is 23.9 Å². The Labute approximate surface area is 235 Å². The van der Waals surface area contributed by atoms with E-state index in [1.807, 2.05) is 7.05 Å². The summed E-state index contributed by atoms with van der Waals surface area (Å²) in [4.78, 5) is 60.1. The number of nitrogens with one attached hydrogen (secondary N) is 3. The normalized spacial score (nSPS) is 19.1. The number of likely N-dealkylation sites (tertiary alicyclic amines) is 1. The van der Waals surface area contributed by atoms with Gasteiger partial charge in [-0.15, -0.1) is 23.7 Å². The van der Waals surface area contributed by atoms with Gasteiger partial charge in [-0.3, -0.25) is 19.2 Å². The predicted octanol–water partition coefficient (Wildman–Crippen LogP) is 1.31. The molecule has 2 aliphatic rings. The van der Waals surface area contributed by atoms with Gasteiger partial charge in [0.2, 0.25) is 5.91 Å². The predicted molar refractivity (Wildman–Crippen MR) is 146 cm³/mol. The quantitative estimate of drug-likeness (QED) is 0.436. The monoisotopic (exact) mass is 584 g/mol. The lowest BCUT2D eigenvalue weighted by molar-refractivity contribution is -0.138. The third-order valence-electron chi connectivity index (χ3n) is 6.29. The Morgan fingerprint density at radius 2 is 1.84 bits per heavy atom. The van der Waals surface area contributed by atoms with Crippen molar-refractivity contribution in [3.63, 3.8) is 0 Å². The molecule has 2 atom stereocenters. The molecule has 0 aliphatic carbocycles. The number of methoxy groups -OCH3 is 1. The summed E-state index contributed by atoms with van der Waals surface area (Å²) in [5.74, 6) is -2.29. The van der Waals surface area contributed by atoms with Crippen LogP contribution in [0.25, 0.3) is 0 Å². The van der Waals surface area contributed by atoms with Crippen molar-refractivity contribution < 1.29 is 23.9 Å². The van der Waals surface area contributed by atoms with Crippen molar-refractivity contribution in [3.05, 3.63) is 44.9 Å². The number of fused-ring (bicyclic) bond motifs is 1. The number of aromatic nitrogens is 1. The maximum atomic E-state index is 13.1. The van der Waals surface area contributed by atoms with E-state index in [-0.39, 0.29) is 37.4 Å². The van der Waals surface area contributed by atoms with Gasteiger partial charge in [-0.1, -0.05) is 11.6 Å². The molecule has 2 aromatic rings. The summed E-state index contributed by atoms with van der Waals surface area (Å²) in [5, 5.41) is 9.02. The summed E-state index contributed by atoms with van der Waals surface area (Å²) in [7, 11) is 3.46. The number of anilines is 1. The van der Waals surface area contributed by atoms with Crippen LogP contribution >= 0.6 is 35.3 Å². The van der Waals surface area contributed by atoms with Crippen LogP contribution in [0.15, 0.2) is 24.3 Å². The number of thiazole rings is 1. The number of hydrogen-bond donors (Lipinski definition) is 3. The molecule has 1 aromatic heterocycles. The number of benzene rings is 1. The lowest BCUT2D eigenvalue weighted by Gasteiger charge is -2.39. The third kappa shape index (κ3) is 7.41. The van der Waals surface area contributed by atoms with E-state index in [1.165, 1.54) is 18.4 Å². The fourth-order valence-electron chi connectivity index (χ4n) is 4.32. The van der Waals surface area contributed by atoms with Gasteiger partial charge in [0.25, 0.3) is 5.91 Å². The molecule has 2 aliphatic heterocycles. The number of rotatable bonds is 6. The van der Waals surface area contributed by atoms with Crippen LogP contribution in [0.2, 0.25) is 5.02 Å². The summed E-state index contributed by atoms with van der Waals surface area (Å²) in [6.45, 7) is 2.03. The number of carbonyl (C=O) groups excluding carboxylic acids is 4. The van der Waals surface area contributed by atoms with Crippen LogP contribution in [0.3, 0.4) is 0 Å². The number of carbonyl (C=O) groups is 4. The SMILES string of the molecule is COCC(=O)N1CC[C@H](NC(=O)C(=O)Nc2ccc(Cl)cc2)[C@H](NC(=O)c2nc3c(s2)CN(C)CC3)C1.Cl. The summed E-state index contributed by atoms with van der Waals surface area (Å²) < 4.78 is 4.96. The van der Waals surface area contributed by atoms with Crippen molar-refractivity contribution in [2.24, 2.45) is 0 Å². The first-order valence-electron chi connectivity index (χ1n) is 11.9. The molecule has 1 fully saturated rings. The molecule has 0 saturated carbocycles. The maximum Gasteiger partial charge on any atom is 0.313 e. The van der Waals surface area contributed by atoms with E-state index in [0.29, 0.717) is 28.7 Å². The number of ether oxygens (including phenoxy) is 1. The van der Waals surface area contributed by atoms with Crippen molar-refractivity contribution in [2.75, 3.05) is 45.7 Å². The van der Waals surface area contributed by atoms with Gasteiger partial charge in [0, 0.05) is 55.3 Å². The second-order valence-electron chi connectivity index (χ2n) is 9.06. The number of hydrogen-bond acceptors (Lipinski definition) is 8. The largest absolute Gasteiger partial charge is 0.375 e. The van der Waals surface area contributed by atoms with Crippen molar-refractivity contribution in [1.82, 2.24) is 25.4 Å². The fourth-order valence-corrected chi connectivity index (χ4v) is 5.54. The van der Waals surface area contributed by atoms with Gasteiger partial charge in [-0.2, -0.15) is 0 Å². The molecule has 0 bridgehead atoms. The highest BCUT2D eigenvalue weighted by molar-refractivity contribution is 7.13. The van der Waals surface area contributed by atoms with Gasteiger partial charge in [0.15, 0.2) is 5.01 Å². The zero-order chi connectivity index (χ0) is 26.5. The molecule has 11 nitrogen and oxygen atoms in total. The topological polar surface area (TPSA) is 133 Å². The van der Waals surface area contributed by atoms with Crippen LogP contribution in [0, 0.1) is 0 Å². The van der Waals surface area contributed by atoms with Crippen LogP contribution in [0.1, 0.15) is 26.8 Å². The van der Waals surface area contributed by atoms with Gasteiger partial charge in [0.05, 0.1) is 17.8 Å². The minimum atomic E-state index is -0.845. The highest BCUT2D eigenvalue weighted by Crippen LogP contribution is 2.25. The summed E-state index contributed by atoms with van der Waals surface area (Å²) in [6, 6.07) is 5.17. The molecule has 206 valence electrons. The molecule has 1 saturated heterocycles. The zero-order valence-corrected chi connectivity index (χ0v) is 23.4. The molecule has 1 aromatic carbocycles. The number of halogens is 2. The highest BCUT2D eigenvalue weighted by atomic mass is 35.5. The van der Waals surface area contributed by atoms with Crippen molar-refractivity contribution in [3.8, 4) is 0 Å². The molecule has 3 N–H and O–H groups in total. The summed E-state index contributed by atoms with van der Waals surface area (Å²) in [5.41, 5.74) is 1.35. The molecule has 0 spiro atoms. The van der Waals surface area contributed by atoms with E-state index in [9.17, 15) is 19.2 Å². The Morgan fingerprint density at radius 3 is 2.55 bits per heavy atom. The highest BCUT2D eigenvalue weighted by Gasteiger charge is 2.35. The Morgan fingerprint density at radius 1 is 1.11 bits per heavy atom. The van der Waals surface area contributed by atoms with Crippen molar-refractivity contribution in [2.45, 2.75) is 31.5 Å². The number of piperidine rings is 1. The molecule has 4 amide bonds. The smallest absolute Gasteiger partial charge is 0.313 e. The van der Waals surface area contributed by atoms with Gasteiger partial charge < -0.3 is 30.5 Å². The minimum Gasteiger partial charge on any atom is -0.375 e. The molecule has 0 radical (unpaired) electrons. The second-order valence-corrected chi connectivity index (χ2v) is 10.6. The van der Waals surface area contributed by atoms with E-state index in [0.717, 1.165) is 30.1 Å². The lowest BCUT2D eigenvalue weighted by Crippen LogP contribution is -2.62. The zero-order valence-electron chi connectivity index (χ0n) is 21.0. The van der Waals surface area contributed by atoms with E-state index in [4.69, 9.17) is 16.3 Å². The Bertz CT molecular complexity index is 1180. The van der Waals surface area contributed by atoms with Crippen LogP contribution in [-0.4, -0.2) is 90.9 Å². The first-order valence-corrected chi connectivity index (χ1v) is 13.0. The van der Waals surface area contributed by atoms with E-state index in [2.05, 4.69) is 25.8 Å². The molecule has 14 heteroatoms. The third-order valence-corrected chi connectivity index (χ3v) is 7.62. The van der Waals surface area contributed by atoms with Crippen LogP contribution in [0.5, 0.6) is 0 Å². The molecular formula is C24H30Cl2N6O5S. The Hall–Kier alpha value is -2.77. The second kappa shape index (κ2) is 13.3. The van der Waals surface area contributed by atoms with Crippen molar-refractivity contribution in [1.29, 1.82) is 0 Å². The number of amides is 4. The summed E-state index contributed by atoms with van der Waals surface area (Å²) in [6.07, 6.45) is 1.12. The van der Waals surface area contributed by atoms with Crippen LogP contribution in [-0.2, 0) is 32.1 Å². The summed E-state index contributed by atoms with van der Waals surface area (Å²) >= 11 is 7.21. The molecule has 3 heterocycles. The van der Waals surface area contributed by atoms with Crippen molar-refractivity contribution >= 4 is 64.7 Å². The maximum absolute atomic E-state index is 13.1. The standard InChI is InChI=1S/C24H29ClN6O5S.ClH/c1-30-9-7-17-19(12-30)37-24(29-17)23(35)28-18-11-31(20(32)13-36-2)10-8-16(18)27-22(34)21(33)26-15-5-3-14(25)4-6-15;/h3-6,16,18H,7-13H2,1-2H3,(H,26,33)(H,27,34)(H,28,35);1H/t16-,18+;/m0./s1. The number of likely N-dealkylation sites (N-methyl/N-ethyl adjacent to an activating group) is 1. The van der Waals surface area contributed by atoms with Gasteiger partial charge >= 0.3 is 11.8 Å². The molecule has 4 rings (SSSR count). The Kier molecular flexibility index (Phi) is 10.5. The van der Waals surface area contributed by atoms with Gasteiger partial charge in [-0.05, 0) is 37.7 Å². The molecule has 38 heavy (non-hydrogen) atoms. The molecule has 0 unspecified atom stereocenters. The fraction of sp³-hybridized carbons (Fsp3) is 0.458. The van der Waals surface area contributed by atoms with Crippen LogP contribution in [0.4, 0.5) is 5.69 Å². The van der Waals surface area contributed by atoms with Gasteiger partial charge in [-0.25, -0.2) is 4.98 Å². The van der Waals surface area contributed by atoms with E-state index >= 15 is 0 Å². The van der Waals surface area contributed by atoms with Gasteiger partial charge in [0.1, 0.15) is 6.61 Å². The van der Waals surface area contributed by atoms with Crippen LogP contribution < -0.4 is 16.0 Å².